The lowest BCUT2D eigenvalue weighted by molar-refractivity contribution is -0.0916. The number of nitrogens with zero attached hydrogens (tertiary/aromatic N) is 3. The molecule has 0 saturated carbocycles. The van der Waals surface area contributed by atoms with Crippen LogP contribution < -0.4 is 5.32 Å². The van der Waals surface area contributed by atoms with Crippen LogP contribution in [0.3, 0.4) is 0 Å². The normalized spacial score (nSPS) is 16.7. The number of imidazole rings is 1. The summed E-state index contributed by atoms with van der Waals surface area (Å²) in [5, 5.41) is 2.55. The van der Waals surface area contributed by atoms with Crippen molar-refractivity contribution >= 4 is 23.2 Å². The number of methoxy groups -OCH3 is 1. The number of amides is 1. The maximum Gasteiger partial charge on any atom is 0.340 e. The van der Waals surface area contributed by atoms with Gasteiger partial charge in [0, 0.05) is 19.3 Å². The Balaban J connectivity index is 1.68. The molecule has 0 bridgehead atoms. The van der Waals surface area contributed by atoms with Gasteiger partial charge >= 0.3 is 5.97 Å². The van der Waals surface area contributed by atoms with E-state index in [4.69, 9.17) is 14.2 Å². The molecule has 0 radical (unpaired) electrons. The van der Waals surface area contributed by atoms with Crippen molar-refractivity contribution in [3.05, 3.63) is 59.3 Å². The lowest BCUT2D eigenvalue weighted by Crippen LogP contribution is -2.22. The Morgan fingerprint density at radius 3 is 2.75 bits per heavy atom. The fraction of sp³-hybridized carbons (Fsp3) is 0.333. The summed E-state index contributed by atoms with van der Waals surface area (Å²) < 4.78 is 44.7. The number of hydrogen-bond donors (Lipinski definition) is 1. The molecule has 32 heavy (non-hydrogen) atoms. The number of fused-ring (bicyclic) bond motifs is 1. The highest BCUT2D eigenvalue weighted by molar-refractivity contribution is 6.07. The number of aromatic nitrogens is 3. The summed E-state index contributed by atoms with van der Waals surface area (Å²) in [7, 11) is 1.21. The van der Waals surface area contributed by atoms with Gasteiger partial charge in [0.25, 0.3) is 11.8 Å². The van der Waals surface area contributed by atoms with Gasteiger partial charge in [0.1, 0.15) is 23.1 Å². The molecule has 11 heteroatoms. The molecule has 1 aliphatic heterocycles. The van der Waals surface area contributed by atoms with E-state index >= 15 is 0 Å². The van der Waals surface area contributed by atoms with Crippen LogP contribution >= 0.6 is 0 Å². The highest BCUT2D eigenvalue weighted by Crippen LogP contribution is 2.26. The monoisotopic (exact) mass is 446 g/mol. The van der Waals surface area contributed by atoms with Gasteiger partial charge < -0.3 is 23.9 Å². The summed E-state index contributed by atoms with van der Waals surface area (Å²) in [6, 6.07) is 5.20. The maximum absolute atomic E-state index is 13.6. The first kappa shape index (κ1) is 21.8. The standard InChI is InChI=1S/C21H20F2N4O5/c1-21(22,23)17-5-3-4-13(24-17)19(28)26-14-9-27-10-15(16-11-31-6-7-32-16)25-18(27)8-12(14)20(29)30-2/h3-5,8-10,16H,6-7,11H2,1-2H3,(H,26,28). The minimum Gasteiger partial charge on any atom is -0.465 e. The minimum absolute atomic E-state index is 0.0447. The third-order valence-electron chi connectivity index (χ3n) is 4.84. The SMILES string of the molecule is COC(=O)c1cc2nc(C3COCCO3)cn2cc1NC(=O)c1cccc(C(C)(F)F)n1. The Kier molecular flexibility index (Phi) is 5.85. The predicted octanol–water partition coefficient (Wildman–Crippen LogP) is 2.97. The van der Waals surface area contributed by atoms with Crippen LogP contribution in [0, 0.1) is 0 Å². The first-order valence-corrected chi connectivity index (χ1v) is 9.73. The van der Waals surface area contributed by atoms with Gasteiger partial charge in [-0.05, 0) is 18.2 Å². The largest absolute Gasteiger partial charge is 0.465 e. The van der Waals surface area contributed by atoms with E-state index in [2.05, 4.69) is 15.3 Å². The van der Waals surface area contributed by atoms with Crippen LogP contribution in [-0.2, 0) is 20.1 Å². The van der Waals surface area contributed by atoms with Crippen LogP contribution in [0.5, 0.6) is 0 Å². The highest BCUT2D eigenvalue weighted by Gasteiger charge is 2.27. The minimum atomic E-state index is -3.20. The van der Waals surface area contributed by atoms with Crippen molar-refractivity contribution in [2.24, 2.45) is 0 Å². The maximum atomic E-state index is 13.6. The fourth-order valence-electron chi connectivity index (χ4n) is 3.24. The van der Waals surface area contributed by atoms with Gasteiger partial charge in [-0.3, -0.25) is 4.79 Å². The van der Waals surface area contributed by atoms with E-state index in [1.54, 1.807) is 10.6 Å². The Morgan fingerprint density at radius 2 is 2.06 bits per heavy atom. The number of hydrogen-bond acceptors (Lipinski definition) is 7. The van der Waals surface area contributed by atoms with E-state index in [1.165, 1.54) is 31.5 Å². The number of pyridine rings is 2. The summed E-state index contributed by atoms with van der Waals surface area (Å²) in [6.45, 7) is 1.99. The number of ether oxygens (including phenoxy) is 3. The summed E-state index contributed by atoms with van der Waals surface area (Å²) in [4.78, 5) is 33.2. The molecule has 1 aliphatic rings. The second-order valence-corrected chi connectivity index (χ2v) is 7.21. The topological polar surface area (TPSA) is 104 Å². The molecule has 1 unspecified atom stereocenters. The van der Waals surface area contributed by atoms with Crippen molar-refractivity contribution in [1.82, 2.24) is 14.4 Å². The van der Waals surface area contributed by atoms with E-state index < -0.39 is 23.5 Å². The van der Waals surface area contributed by atoms with E-state index in [0.29, 0.717) is 38.1 Å². The van der Waals surface area contributed by atoms with Crippen LogP contribution in [-0.4, -0.2) is 53.2 Å². The number of nitrogens with one attached hydrogen (secondary N) is 1. The first-order valence-electron chi connectivity index (χ1n) is 9.73. The number of rotatable bonds is 5. The average Bonchev–Trinajstić information content (AvgIpc) is 3.21. The summed E-state index contributed by atoms with van der Waals surface area (Å²) in [6.07, 6.45) is 2.82. The molecular weight excluding hydrogens is 426 g/mol. The average molecular weight is 446 g/mol. The zero-order valence-corrected chi connectivity index (χ0v) is 17.3. The molecule has 1 saturated heterocycles. The second-order valence-electron chi connectivity index (χ2n) is 7.21. The zero-order valence-electron chi connectivity index (χ0n) is 17.3. The molecule has 0 aromatic carbocycles. The van der Waals surface area contributed by atoms with Gasteiger partial charge in [-0.25, -0.2) is 14.8 Å². The van der Waals surface area contributed by atoms with Crippen LogP contribution in [0.2, 0.25) is 0 Å². The summed E-state index contributed by atoms with van der Waals surface area (Å²) >= 11 is 0. The van der Waals surface area contributed by atoms with Crippen LogP contribution in [0.25, 0.3) is 5.65 Å². The molecule has 4 rings (SSSR count). The molecular formula is C21H20F2N4O5. The molecule has 4 heterocycles. The van der Waals surface area contributed by atoms with Gasteiger partial charge in [0.05, 0.1) is 43.9 Å². The number of anilines is 1. The van der Waals surface area contributed by atoms with E-state index in [0.717, 1.165) is 6.07 Å². The number of halogens is 2. The Labute approximate surface area is 181 Å². The highest BCUT2D eigenvalue weighted by atomic mass is 19.3. The van der Waals surface area contributed by atoms with Crippen molar-refractivity contribution in [2.75, 3.05) is 32.2 Å². The van der Waals surface area contributed by atoms with Gasteiger partial charge in [-0.1, -0.05) is 6.07 Å². The number of carbonyl (C=O) groups is 2. The number of esters is 1. The Morgan fingerprint density at radius 1 is 1.25 bits per heavy atom. The molecule has 0 aliphatic carbocycles. The van der Waals surface area contributed by atoms with Crippen molar-refractivity contribution < 1.29 is 32.6 Å². The molecule has 1 N–H and O–H groups in total. The van der Waals surface area contributed by atoms with Gasteiger partial charge in [-0.15, -0.1) is 0 Å². The molecule has 168 valence electrons. The number of carbonyl (C=O) groups excluding carboxylic acids is 2. The van der Waals surface area contributed by atoms with Crippen molar-refractivity contribution in [1.29, 1.82) is 0 Å². The molecule has 0 spiro atoms. The van der Waals surface area contributed by atoms with Gasteiger partial charge in [-0.2, -0.15) is 8.78 Å². The molecule has 1 atom stereocenters. The summed E-state index contributed by atoms with van der Waals surface area (Å²) in [5.41, 5.74) is 0.418. The smallest absolute Gasteiger partial charge is 0.340 e. The second kappa shape index (κ2) is 8.60. The fourth-order valence-corrected chi connectivity index (χ4v) is 3.24. The first-order chi connectivity index (χ1) is 15.3. The Hall–Kier alpha value is -3.44. The van der Waals surface area contributed by atoms with E-state index in [-0.39, 0.29) is 23.0 Å². The molecule has 9 nitrogen and oxygen atoms in total. The predicted molar refractivity (Wildman–Crippen MR) is 108 cm³/mol. The van der Waals surface area contributed by atoms with E-state index in [9.17, 15) is 18.4 Å². The Bertz CT molecular complexity index is 1170. The van der Waals surface area contributed by atoms with Crippen molar-refractivity contribution in [3.63, 3.8) is 0 Å². The van der Waals surface area contributed by atoms with E-state index in [1.807, 2.05) is 0 Å². The van der Waals surface area contributed by atoms with Crippen molar-refractivity contribution in [2.45, 2.75) is 19.0 Å². The molecule has 3 aromatic heterocycles. The van der Waals surface area contributed by atoms with Crippen LogP contribution in [0.4, 0.5) is 14.5 Å². The van der Waals surface area contributed by atoms with Gasteiger partial charge in [0.2, 0.25) is 0 Å². The van der Waals surface area contributed by atoms with Crippen LogP contribution in [0.1, 0.15) is 45.3 Å². The molecule has 3 aromatic rings. The number of alkyl halides is 2. The lowest BCUT2D eigenvalue weighted by atomic mass is 10.2. The van der Waals surface area contributed by atoms with Crippen molar-refractivity contribution in [3.8, 4) is 0 Å². The van der Waals surface area contributed by atoms with Gasteiger partial charge in [0.15, 0.2) is 0 Å². The third kappa shape index (κ3) is 4.43. The molecule has 1 fully saturated rings. The van der Waals surface area contributed by atoms with Crippen LogP contribution in [0.15, 0.2) is 36.7 Å². The summed E-state index contributed by atoms with van der Waals surface area (Å²) in [5.74, 6) is -4.67. The third-order valence-corrected chi connectivity index (χ3v) is 4.84. The zero-order chi connectivity index (χ0) is 22.9. The molecule has 1 amide bonds. The quantitative estimate of drug-likeness (QED) is 0.601. The lowest BCUT2D eigenvalue weighted by Gasteiger charge is -2.20.